The van der Waals surface area contributed by atoms with Crippen LogP contribution in [0.15, 0.2) is 84.9 Å². The van der Waals surface area contributed by atoms with Crippen molar-refractivity contribution in [2.45, 2.75) is 19.8 Å². The SMILES string of the molecule is COC(=O)C(=O)c1ccc(OC/C=C/c2c(C(C)C)nc(-c3ccccc3)n2-c2ccc(F)cc2)cc1.O. The molecule has 4 rings (SSSR count). The number of imidazole rings is 1. The Labute approximate surface area is 220 Å². The van der Waals surface area contributed by atoms with Gasteiger partial charge in [-0.25, -0.2) is 14.2 Å². The molecule has 8 heteroatoms. The zero-order valence-corrected chi connectivity index (χ0v) is 21.4. The quantitative estimate of drug-likeness (QED) is 0.168. The summed E-state index contributed by atoms with van der Waals surface area (Å²) in [5.41, 5.74) is 3.76. The predicted octanol–water partition coefficient (Wildman–Crippen LogP) is 5.43. The average Bonchev–Trinajstić information content (AvgIpc) is 3.31. The number of aromatic nitrogens is 2. The molecule has 0 saturated heterocycles. The van der Waals surface area contributed by atoms with Gasteiger partial charge in [0.1, 0.15) is 24.0 Å². The molecule has 7 nitrogen and oxygen atoms in total. The summed E-state index contributed by atoms with van der Waals surface area (Å²) in [6.07, 6.45) is 3.83. The maximum atomic E-state index is 13.7. The molecule has 0 bridgehead atoms. The lowest BCUT2D eigenvalue weighted by molar-refractivity contribution is -0.135. The van der Waals surface area contributed by atoms with Gasteiger partial charge in [0.25, 0.3) is 5.78 Å². The Bertz CT molecular complexity index is 1410. The van der Waals surface area contributed by atoms with Gasteiger partial charge >= 0.3 is 5.97 Å². The van der Waals surface area contributed by atoms with Gasteiger partial charge in [-0.15, -0.1) is 0 Å². The molecule has 0 amide bonds. The van der Waals surface area contributed by atoms with Crippen LogP contribution in [0, 0.1) is 5.82 Å². The highest BCUT2D eigenvalue weighted by Crippen LogP contribution is 2.31. The van der Waals surface area contributed by atoms with Crippen LogP contribution in [0.2, 0.25) is 0 Å². The molecule has 1 heterocycles. The minimum atomic E-state index is -0.912. The number of Topliss-reactive ketones (excluding diaryl/α,β-unsaturated/α-hetero) is 1. The van der Waals surface area contributed by atoms with Gasteiger partial charge in [0.05, 0.1) is 18.5 Å². The van der Waals surface area contributed by atoms with Crippen LogP contribution in [-0.4, -0.2) is 40.5 Å². The summed E-state index contributed by atoms with van der Waals surface area (Å²) < 4.78 is 26.0. The molecule has 2 N–H and O–H groups in total. The van der Waals surface area contributed by atoms with Crippen molar-refractivity contribution in [2.24, 2.45) is 0 Å². The predicted molar refractivity (Wildman–Crippen MR) is 144 cm³/mol. The van der Waals surface area contributed by atoms with E-state index in [4.69, 9.17) is 9.72 Å². The molecule has 0 atom stereocenters. The van der Waals surface area contributed by atoms with Crippen LogP contribution in [0.4, 0.5) is 4.39 Å². The standard InChI is InChI=1S/C30H27FN2O4.H2O/c1-20(2)27-26(10-7-19-37-25-17-11-21(12-18-25)28(34)30(35)36-3)33(24-15-13-23(31)14-16-24)29(32-27)22-8-5-4-6-9-22;/h4-18,20H,19H2,1-3H3;1H2/b10-7+;. The van der Waals surface area contributed by atoms with Crippen molar-refractivity contribution in [1.29, 1.82) is 0 Å². The number of halogens is 1. The zero-order valence-electron chi connectivity index (χ0n) is 21.4. The summed E-state index contributed by atoms with van der Waals surface area (Å²) in [4.78, 5) is 28.3. The van der Waals surface area contributed by atoms with Crippen molar-refractivity contribution in [3.05, 3.63) is 108 Å². The fraction of sp³-hybridized carbons (Fsp3) is 0.167. The third-order valence-corrected chi connectivity index (χ3v) is 5.71. The topological polar surface area (TPSA) is 102 Å². The molecule has 0 aliphatic carbocycles. The van der Waals surface area contributed by atoms with Crippen LogP contribution in [0.5, 0.6) is 5.75 Å². The molecule has 3 aromatic carbocycles. The lowest BCUT2D eigenvalue weighted by Crippen LogP contribution is -2.15. The van der Waals surface area contributed by atoms with Crippen LogP contribution in [0.1, 0.15) is 41.5 Å². The number of carbonyl (C=O) groups excluding carboxylic acids is 2. The molecule has 38 heavy (non-hydrogen) atoms. The van der Waals surface area contributed by atoms with E-state index in [1.54, 1.807) is 24.3 Å². The number of ether oxygens (including phenoxy) is 2. The largest absolute Gasteiger partial charge is 0.490 e. The Morgan fingerprint density at radius 3 is 2.24 bits per heavy atom. The molecule has 0 radical (unpaired) electrons. The Kier molecular flexibility index (Phi) is 9.29. The molecular weight excluding hydrogens is 487 g/mol. The van der Waals surface area contributed by atoms with Crippen LogP contribution in [0.25, 0.3) is 23.2 Å². The van der Waals surface area contributed by atoms with Crippen LogP contribution in [0.3, 0.4) is 0 Å². The summed E-state index contributed by atoms with van der Waals surface area (Å²) in [5, 5.41) is 0. The summed E-state index contributed by atoms with van der Waals surface area (Å²) in [6, 6.07) is 22.5. The van der Waals surface area contributed by atoms with Crippen LogP contribution >= 0.6 is 0 Å². The van der Waals surface area contributed by atoms with Gasteiger partial charge in [-0.3, -0.25) is 9.36 Å². The molecule has 0 aliphatic rings. The highest BCUT2D eigenvalue weighted by atomic mass is 19.1. The Balaban J connectivity index is 0.00000400. The number of carbonyl (C=O) groups is 2. The number of methoxy groups -OCH3 is 1. The first-order chi connectivity index (χ1) is 17.9. The third kappa shape index (κ3) is 6.22. The molecule has 0 saturated carbocycles. The van der Waals surface area contributed by atoms with Gasteiger partial charge in [-0.2, -0.15) is 0 Å². The maximum absolute atomic E-state index is 13.7. The fourth-order valence-corrected chi connectivity index (χ4v) is 3.88. The Morgan fingerprint density at radius 2 is 1.63 bits per heavy atom. The van der Waals surface area contributed by atoms with E-state index in [1.807, 2.05) is 47.1 Å². The van der Waals surface area contributed by atoms with Gasteiger partial charge in [-0.05, 0) is 66.6 Å². The van der Waals surface area contributed by atoms with Gasteiger partial charge in [0.15, 0.2) is 0 Å². The smallest absolute Gasteiger partial charge is 0.379 e. The van der Waals surface area contributed by atoms with Crippen molar-refractivity contribution in [3.8, 4) is 22.8 Å². The van der Waals surface area contributed by atoms with E-state index in [1.165, 1.54) is 31.4 Å². The summed E-state index contributed by atoms with van der Waals surface area (Å²) in [5.74, 6) is -0.471. The number of nitrogens with zero attached hydrogens (tertiary/aromatic N) is 2. The molecule has 196 valence electrons. The second-order valence-corrected chi connectivity index (χ2v) is 8.60. The van der Waals surface area contributed by atoms with E-state index < -0.39 is 11.8 Å². The van der Waals surface area contributed by atoms with Gasteiger partial charge in [0.2, 0.25) is 0 Å². The van der Waals surface area contributed by atoms with Crippen molar-refractivity contribution >= 4 is 17.8 Å². The lowest BCUT2D eigenvalue weighted by Gasteiger charge is -2.12. The normalized spacial score (nSPS) is 10.9. The van der Waals surface area contributed by atoms with E-state index in [0.29, 0.717) is 5.75 Å². The number of hydrogen-bond acceptors (Lipinski definition) is 5. The molecular formula is C30H29FN2O5. The average molecular weight is 517 g/mol. The first-order valence-electron chi connectivity index (χ1n) is 11.8. The monoisotopic (exact) mass is 516 g/mol. The lowest BCUT2D eigenvalue weighted by atomic mass is 10.1. The Morgan fingerprint density at radius 1 is 0.974 bits per heavy atom. The summed E-state index contributed by atoms with van der Waals surface area (Å²) in [6.45, 7) is 4.42. The van der Waals surface area contributed by atoms with Crippen LogP contribution < -0.4 is 4.74 Å². The minimum absolute atomic E-state index is 0. The number of rotatable bonds is 9. The molecule has 4 aromatic rings. The van der Waals surface area contributed by atoms with Gasteiger partial charge < -0.3 is 14.9 Å². The molecule has 1 aromatic heterocycles. The Hall–Kier alpha value is -4.56. The molecule has 0 fully saturated rings. The first kappa shape index (κ1) is 28.0. The van der Waals surface area contributed by atoms with Crippen molar-refractivity contribution < 1.29 is 28.9 Å². The fourth-order valence-electron chi connectivity index (χ4n) is 3.88. The molecule has 0 spiro atoms. The van der Waals surface area contributed by atoms with Crippen molar-refractivity contribution in [3.63, 3.8) is 0 Å². The number of benzene rings is 3. The maximum Gasteiger partial charge on any atom is 0.379 e. The van der Waals surface area contributed by atoms with E-state index in [2.05, 4.69) is 18.6 Å². The zero-order chi connectivity index (χ0) is 26.4. The first-order valence-corrected chi connectivity index (χ1v) is 11.8. The highest BCUT2D eigenvalue weighted by Gasteiger charge is 2.20. The number of esters is 1. The van der Waals surface area contributed by atoms with Gasteiger partial charge in [-0.1, -0.05) is 44.2 Å². The highest BCUT2D eigenvalue weighted by molar-refractivity contribution is 6.40. The minimum Gasteiger partial charge on any atom is -0.490 e. The van der Waals surface area contributed by atoms with E-state index in [9.17, 15) is 14.0 Å². The van der Waals surface area contributed by atoms with E-state index >= 15 is 0 Å². The van der Waals surface area contributed by atoms with Crippen molar-refractivity contribution in [2.75, 3.05) is 13.7 Å². The summed E-state index contributed by atoms with van der Waals surface area (Å²) >= 11 is 0. The van der Waals surface area contributed by atoms with Crippen molar-refractivity contribution in [1.82, 2.24) is 9.55 Å². The van der Waals surface area contributed by atoms with E-state index in [-0.39, 0.29) is 29.4 Å². The van der Waals surface area contributed by atoms with E-state index in [0.717, 1.165) is 28.5 Å². The van der Waals surface area contributed by atoms with Crippen LogP contribution in [-0.2, 0) is 9.53 Å². The molecule has 0 unspecified atom stereocenters. The second kappa shape index (κ2) is 12.6. The number of ketones is 1. The molecule has 0 aliphatic heterocycles. The third-order valence-electron chi connectivity index (χ3n) is 5.71. The number of hydrogen-bond donors (Lipinski definition) is 0. The second-order valence-electron chi connectivity index (χ2n) is 8.60. The van der Waals surface area contributed by atoms with Gasteiger partial charge in [0, 0.05) is 16.8 Å². The summed E-state index contributed by atoms with van der Waals surface area (Å²) in [7, 11) is 1.17.